The van der Waals surface area contributed by atoms with Crippen molar-refractivity contribution in [3.05, 3.63) is 38.8 Å². The molecule has 0 spiro atoms. The van der Waals surface area contributed by atoms with Gasteiger partial charge < -0.3 is 0 Å². The van der Waals surface area contributed by atoms with Gasteiger partial charge in [0.05, 0.1) is 5.39 Å². The van der Waals surface area contributed by atoms with Gasteiger partial charge in [-0.1, -0.05) is 12.2 Å². The monoisotopic (exact) mass is 274 g/mol. The van der Waals surface area contributed by atoms with E-state index >= 15 is 0 Å². The van der Waals surface area contributed by atoms with Crippen LogP contribution in [0.3, 0.4) is 0 Å². The van der Waals surface area contributed by atoms with E-state index in [1.165, 1.54) is 23.3 Å². The van der Waals surface area contributed by atoms with E-state index in [2.05, 4.69) is 11.6 Å². The van der Waals surface area contributed by atoms with Gasteiger partial charge in [-0.3, -0.25) is 9.36 Å². The van der Waals surface area contributed by atoms with Crippen LogP contribution in [0, 0.1) is 6.92 Å². The van der Waals surface area contributed by atoms with Crippen LogP contribution in [-0.2, 0) is 19.4 Å². The summed E-state index contributed by atoms with van der Waals surface area (Å²) in [5, 5.41) is 0.867. The van der Waals surface area contributed by atoms with Crippen molar-refractivity contribution in [2.45, 2.75) is 46.1 Å². The van der Waals surface area contributed by atoms with Crippen LogP contribution in [0.25, 0.3) is 10.2 Å². The minimum Gasteiger partial charge on any atom is -0.292 e. The standard InChI is InChI=1S/C15H18N2OS/c1-9(2)8-17-10(3)16-14-13(15(17)18)11-6-4-5-7-12(11)19-14/h1,4-8H2,2-3H3. The van der Waals surface area contributed by atoms with Crippen molar-refractivity contribution in [1.82, 2.24) is 9.55 Å². The van der Waals surface area contributed by atoms with Crippen molar-refractivity contribution in [2.75, 3.05) is 0 Å². The van der Waals surface area contributed by atoms with E-state index < -0.39 is 0 Å². The summed E-state index contributed by atoms with van der Waals surface area (Å²) in [5.74, 6) is 0.791. The quantitative estimate of drug-likeness (QED) is 0.788. The zero-order valence-corrected chi connectivity index (χ0v) is 12.3. The first-order chi connectivity index (χ1) is 9.08. The molecule has 19 heavy (non-hydrogen) atoms. The fraction of sp³-hybridized carbons (Fsp3) is 0.467. The number of aromatic nitrogens is 2. The van der Waals surface area contributed by atoms with E-state index in [0.29, 0.717) is 6.54 Å². The lowest BCUT2D eigenvalue weighted by Crippen LogP contribution is -2.24. The lowest BCUT2D eigenvalue weighted by molar-refractivity contribution is 0.690. The van der Waals surface area contributed by atoms with E-state index in [9.17, 15) is 4.79 Å². The Hall–Kier alpha value is -1.42. The Morgan fingerprint density at radius 3 is 2.89 bits per heavy atom. The first kappa shape index (κ1) is 12.6. The van der Waals surface area contributed by atoms with Gasteiger partial charge in [-0.05, 0) is 45.1 Å². The van der Waals surface area contributed by atoms with Gasteiger partial charge in [0.1, 0.15) is 10.7 Å². The lowest BCUT2D eigenvalue weighted by atomic mass is 9.97. The van der Waals surface area contributed by atoms with Crippen molar-refractivity contribution in [3.63, 3.8) is 0 Å². The minimum absolute atomic E-state index is 0.116. The number of aryl methyl sites for hydroxylation is 3. The normalized spacial score (nSPS) is 14.6. The number of hydrogen-bond donors (Lipinski definition) is 0. The fourth-order valence-electron chi connectivity index (χ4n) is 2.80. The molecule has 2 aromatic rings. The molecule has 1 aliphatic rings. The fourth-order valence-corrected chi connectivity index (χ4v) is 4.09. The second-order valence-corrected chi connectivity index (χ2v) is 6.48. The number of fused-ring (bicyclic) bond motifs is 3. The topological polar surface area (TPSA) is 34.9 Å². The Morgan fingerprint density at radius 2 is 2.16 bits per heavy atom. The largest absolute Gasteiger partial charge is 0.292 e. The molecule has 1 aliphatic carbocycles. The van der Waals surface area contributed by atoms with Gasteiger partial charge in [-0.15, -0.1) is 11.3 Å². The SMILES string of the molecule is C=C(C)Cn1c(C)nc2sc3c(c2c1=O)CCCC3. The van der Waals surface area contributed by atoms with E-state index in [-0.39, 0.29) is 5.56 Å². The van der Waals surface area contributed by atoms with Crippen LogP contribution in [-0.4, -0.2) is 9.55 Å². The van der Waals surface area contributed by atoms with Crippen molar-refractivity contribution < 1.29 is 0 Å². The molecule has 0 aromatic carbocycles. The second kappa shape index (κ2) is 4.60. The highest BCUT2D eigenvalue weighted by Crippen LogP contribution is 2.33. The van der Waals surface area contributed by atoms with Crippen LogP contribution in [0.1, 0.15) is 36.0 Å². The van der Waals surface area contributed by atoms with Crippen LogP contribution in [0.2, 0.25) is 0 Å². The number of rotatable bonds is 2. The number of thiophene rings is 1. The number of hydrogen-bond acceptors (Lipinski definition) is 3. The zero-order chi connectivity index (χ0) is 13.6. The molecule has 3 nitrogen and oxygen atoms in total. The van der Waals surface area contributed by atoms with Gasteiger partial charge in [-0.2, -0.15) is 0 Å². The average Bonchev–Trinajstić information content (AvgIpc) is 2.72. The van der Waals surface area contributed by atoms with Crippen molar-refractivity contribution in [3.8, 4) is 0 Å². The maximum atomic E-state index is 12.7. The molecule has 0 unspecified atom stereocenters. The highest BCUT2D eigenvalue weighted by molar-refractivity contribution is 7.18. The third-order valence-electron chi connectivity index (χ3n) is 3.69. The summed E-state index contributed by atoms with van der Waals surface area (Å²) >= 11 is 1.71. The first-order valence-corrected chi connectivity index (χ1v) is 7.55. The summed E-state index contributed by atoms with van der Waals surface area (Å²) in [7, 11) is 0. The van der Waals surface area contributed by atoms with Gasteiger partial charge in [0, 0.05) is 11.4 Å². The van der Waals surface area contributed by atoms with E-state index in [4.69, 9.17) is 0 Å². The maximum absolute atomic E-state index is 12.7. The van der Waals surface area contributed by atoms with Gasteiger partial charge in [0.15, 0.2) is 0 Å². The molecule has 0 saturated heterocycles. The van der Waals surface area contributed by atoms with Crippen LogP contribution >= 0.6 is 11.3 Å². The predicted molar refractivity (Wildman–Crippen MR) is 80.1 cm³/mol. The molecule has 0 atom stereocenters. The minimum atomic E-state index is 0.116. The van der Waals surface area contributed by atoms with E-state index in [1.54, 1.807) is 15.9 Å². The van der Waals surface area contributed by atoms with Gasteiger partial charge in [-0.25, -0.2) is 4.98 Å². The molecule has 0 saturated carbocycles. The average molecular weight is 274 g/mol. The van der Waals surface area contributed by atoms with Gasteiger partial charge in [0.25, 0.3) is 5.56 Å². The first-order valence-electron chi connectivity index (χ1n) is 6.74. The predicted octanol–water partition coefficient (Wildman–Crippen LogP) is 3.22. The van der Waals surface area contributed by atoms with Crippen molar-refractivity contribution in [1.29, 1.82) is 0 Å². The van der Waals surface area contributed by atoms with Crippen LogP contribution in [0.4, 0.5) is 0 Å². The van der Waals surface area contributed by atoms with Gasteiger partial charge in [0.2, 0.25) is 0 Å². The molecule has 0 radical (unpaired) electrons. The molecule has 4 heteroatoms. The summed E-state index contributed by atoms with van der Waals surface area (Å²) in [6.07, 6.45) is 4.56. The summed E-state index contributed by atoms with van der Waals surface area (Å²) in [4.78, 5) is 19.6. The summed E-state index contributed by atoms with van der Waals surface area (Å²) in [6, 6.07) is 0. The Kier molecular flexibility index (Phi) is 3.05. The van der Waals surface area contributed by atoms with Gasteiger partial charge >= 0.3 is 0 Å². The number of allylic oxidation sites excluding steroid dienone is 1. The van der Waals surface area contributed by atoms with Crippen molar-refractivity contribution in [2.24, 2.45) is 0 Å². The maximum Gasteiger partial charge on any atom is 0.262 e. The molecular weight excluding hydrogens is 256 g/mol. The zero-order valence-electron chi connectivity index (χ0n) is 11.5. The van der Waals surface area contributed by atoms with Crippen LogP contribution in [0.5, 0.6) is 0 Å². The Morgan fingerprint density at radius 1 is 1.42 bits per heavy atom. The van der Waals surface area contributed by atoms with E-state index in [1.807, 2.05) is 13.8 Å². The van der Waals surface area contributed by atoms with Crippen molar-refractivity contribution >= 4 is 21.6 Å². The summed E-state index contributed by atoms with van der Waals surface area (Å²) < 4.78 is 1.76. The molecule has 0 aliphatic heterocycles. The Bertz CT molecular complexity index is 724. The molecule has 0 N–H and O–H groups in total. The third-order valence-corrected chi connectivity index (χ3v) is 4.88. The smallest absolute Gasteiger partial charge is 0.262 e. The molecule has 0 bridgehead atoms. The molecule has 2 heterocycles. The third kappa shape index (κ3) is 2.04. The highest BCUT2D eigenvalue weighted by atomic mass is 32.1. The highest BCUT2D eigenvalue weighted by Gasteiger charge is 2.20. The molecular formula is C15H18N2OS. The summed E-state index contributed by atoms with van der Waals surface area (Å²) in [5.41, 5.74) is 2.36. The molecule has 3 rings (SSSR count). The number of nitrogens with zero attached hydrogens (tertiary/aromatic N) is 2. The van der Waals surface area contributed by atoms with Crippen LogP contribution < -0.4 is 5.56 Å². The summed E-state index contributed by atoms with van der Waals surface area (Å²) in [6.45, 7) is 8.32. The Labute approximate surface area is 116 Å². The Balaban J connectivity index is 2.30. The van der Waals surface area contributed by atoms with Crippen LogP contribution in [0.15, 0.2) is 16.9 Å². The van der Waals surface area contributed by atoms with E-state index in [0.717, 1.165) is 34.5 Å². The second-order valence-electron chi connectivity index (χ2n) is 5.40. The lowest BCUT2D eigenvalue weighted by Gasteiger charge is -2.11. The molecule has 100 valence electrons. The molecule has 0 amide bonds. The molecule has 2 aromatic heterocycles. The molecule has 0 fully saturated rings.